The van der Waals surface area contributed by atoms with Crippen LogP contribution in [-0.2, 0) is 6.54 Å². The lowest BCUT2D eigenvalue weighted by atomic mass is 10.2. The van der Waals surface area contributed by atoms with Crippen molar-refractivity contribution in [3.05, 3.63) is 35.6 Å². The van der Waals surface area contributed by atoms with E-state index in [2.05, 4.69) is 5.32 Å². The number of rotatable bonds is 5. The summed E-state index contributed by atoms with van der Waals surface area (Å²) in [7, 11) is 0. The van der Waals surface area contributed by atoms with Gasteiger partial charge in [0.2, 0.25) is 0 Å². The SMILES string of the molecule is NC(CO)CNCc1ccccc1F. The van der Waals surface area contributed by atoms with Gasteiger partial charge in [-0.15, -0.1) is 0 Å². The second-order valence-electron chi connectivity index (χ2n) is 3.16. The molecule has 4 N–H and O–H groups in total. The molecule has 0 radical (unpaired) electrons. The molecular weight excluding hydrogens is 183 g/mol. The smallest absolute Gasteiger partial charge is 0.127 e. The van der Waals surface area contributed by atoms with Crippen molar-refractivity contribution in [1.29, 1.82) is 0 Å². The maximum Gasteiger partial charge on any atom is 0.127 e. The second kappa shape index (κ2) is 5.70. The van der Waals surface area contributed by atoms with Gasteiger partial charge >= 0.3 is 0 Å². The van der Waals surface area contributed by atoms with Crippen LogP contribution in [0.25, 0.3) is 0 Å². The molecule has 1 aromatic rings. The van der Waals surface area contributed by atoms with Gasteiger partial charge < -0.3 is 16.2 Å². The number of nitrogens with one attached hydrogen (secondary N) is 1. The number of hydrogen-bond donors (Lipinski definition) is 3. The Morgan fingerprint density at radius 3 is 2.79 bits per heavy atom. The number of benzene rings is 1. The molecule has 14 heavy (non-hydrogen) atoms. The summed E-state index contributed by atoms with van der Waals surface area (Å²) >= 11 is 0. The van der Waals surface area contributed by atoms with Gasteiger partial charge in [0.15, 0.2) is 0 Å². The third kappa shape index (κ3) is 3.41. The zero-order valence-electron chi connectivity index (χ0n) is 7.91. The predicted octanol–water partition coefficient (Wildman–Crippen LogP) is 0.235. The maximum absolute atomic E-state index is 13.1. The van der Waals surface area contributed by atoms with Gasteiger partial charge in [0.25, 0.3) is 0 Å². The molecule has 0 aliphatic rings. The highest BCUT2D eigenvalue weighted by Gasteiger charge is 2.02. The van der Waals surface area contributed by atoms with Gasteiger partial charge in [0.05, 0.1) is 6.61 Å². The van der Waals surface area contributed by atoms with E-state index < -0.39 is 0 Å². The van der Waals surface area contributed by atoms with E-state index in [4.69, 9.17) is 10.8 Å². The lowest BCUT2D eigenvalue weighted by Gasteiger charge is -2.09. The first-order valence-corrected chi connectivity index (χ1v) is 4.54. The summed E-state index contributed by atoms with van der Waals surface area (Å²) in [6.45, 7) is 0.843. The summed E-state index contributed by atoms with van der Waals surface area (Å²) in [5, 5.41) is 11.6. The summed E-state index contributed by atoms with van der Waals surface area (Å²) in [6.07, 6.45) is 0. The van der Waals surface area contributed by atoms with Crippen LogP contribution in [0, 0.1) is 5.82 Å². The van der Waals surface area contributed by atoms with Crippen LogP contribution in [0.1, 0.15) is 5.56 Å². The van der Waals surface area contributed by atoms with Crippen LogP contribution in [0.4, 0.5) is 4.39 Å². The lowest BCUT2D eigenvalue weighted by Crippen LogP contribution is -2.36. The molecule has 0 amide bonds. The van der Waals surface area contributed by atoms with Gasteiger partial charge in [-0.3, -0.25) is 0 Å². The van der Waals surface area contributed by atoms with Crippen molar-refractivity contribution < 1.29 is 9.50 Å². The normalized spacial score (nSPS) is 12.8. The molecule has 0 bridgehead atoms. The van der Waals surface area contributed by atoms with Crippen LogP contribution in [0.2, 0.25) is 0 Å². The van der Waals surface area contributed by atoms with Crippen molar-refractivity contribution in [2.75, 3.05) is 13.2 Å². The second-order valence-corrected chi connectivity index (χ2v) is 3.16. The molecule has 4 heteroatoms. The Hall–Kier alpha value is -0.970. The maximum atomic E-state index is 13.1. The standard InChI is InChI=1S/C10H15FN2O/c11-10-4-2-1-3-8(10)5-13-6-9(12)7-14/h1-4,9,13-14H,5-7,12H2. The molecule has 0 aliphatic carbocycles. The Kier molecular flexibility index (Phi) is 4.52. The summed E-state index contributed by atoms with van der Waals surface area (Å²) in [5.41, 5.74) is 6.08. The van der Waals surface area contributed by atoms with Crippen molar-refractivity contribution in [3.8, 4) is 0 Å². The van der Waals surface area contributed by atoms with Gasteiger partial charge in [-0.05, 0) is 6.07 Å². The zero-order chi connectivity index (χ0) is 10.4. The number of aliphatic hydroxyl groups excluding tert-OH is 1. The van der Waals surface area contributed by atoms with Crippen molar-refractivity contribution in [1.82, 2.24) is 5.32 Å². The summed E-state index contributed by atoms with van der Waals surface area (Å²) in [6, 6.07) is 6.28. The molecular formula is C10H15FN2O. The highest BCUT2D eigenvalue weighted by molar-refractivity contribution is 5.16. The molecule has 1 rings (SSSR count). The fourth-order valence-electron chi connectivity index (χ4n) is 1.10. The first-order chi connectivity index (χ1) is 6.74. The first kappa shape index (κ1) is 11.1. The highest BCUT2D eigenvalue weighted by atomic mass is 19.1. The van der Waals surface area contributed by atoms with Gasteiger partial charge in [-0.25, -0.2) is 4.39 Å². The monoisotopic (exact) mass is 198 g/mol. The van der Waals surface area contributed by atoms with Gasteiger partial charge in [0.1, 0.15) is 5.82 Å². The van der Waals surface area contributed by atoms with Crippen LogP contribution in [0.15, 0.2) is 24.3 Å². The Bertz CT molecular complexity index is 281. The third-order valence-corrected chi connectivity index (χ3v) is 1.91. The van der Waals surface area contributed by atoms with Crippen LogP contribution in [0.5, 0.6) is 0 Å². The molecule has 1 unspecified atom stereocenters. The molecule has 0 aliphatic heterocycles. The minimum Gasteiger partial charge on any atom is -0.395 e. The lowest BCUT2D eigenvalue weighted by molar-refractivity contribution is 0.262. The van der Waals surface area contributed by atoms with E-state index in [0.29, 0.717) is 18.7 Å². The van der Waals surface area contributed by atoms with E-state index in [1.165, 1.54) is 6.07 Å². The third-order valence-electron chi connectivity index (χ3n) is 1.91. The molecule has 0 heterocycles. The van der Waals surface area contributed by atoms with E-state index in [0.717, 1.165) is 0 Å². The summed E-state index contributed by atoms with van der Waals surface area (Å²) in [4.78, 5) is 0. The summed E-state index contributed by atoms with van der Waals surface area (Å²) in [5.74, 6) is -0.224. The Balaban J connectivity index is 2.35. The molecule has 0 fully saturated rings. The fourth-order valence-corrected chi connectivity index (χ4v) is 1.10. The molecule has 0 spiro atoms. The number of nitrogens with two attached hydrogens (primary N) is 1. The van der Waals surface area contributed by atoms with E-state index in [9.17, 15) is 4.39 Å². The van der Waals surface area contributed by atoms with Crippen molar-refractivity contribution in [2.45, 2.75) is 12.6 Å². The number of hydrogen-bond acceptors (Lipinski definition) is 3. The molecule has 0 saturated heterocycles. The molecule has 1 aromatic carbocycles. The van der Waals surface area contributed by atoms with Crippen LogP contribution in [0.3, 0.4) is 0 Å². The average molecular weight is 198 g/mol. The van der Waals surface area contributed by atoms with Crippen LogP contribution < -0.4 is 11.1 Å². The fraction of sp³-hybridized carbons (Fsp3) is 0.400. The van der Waals surface area contributed by atoms with Gasteiger partial charge in [0, 0.05) is 24.7 Å². The Morgan fingerprint density at radius 1 is 1.43 bits per heavy atom. The first-order valence-electron chi connectivity index (χ1n) is 4.54. The molecule has 0 aromatic heterocycles. The highest BCUT2D eigenvalue weighted by Crippen LogP contribution is 2.04. The Labute approximate surface area is 82.7 Å². The van der Waals surface area contributed by atoms with Crippen molar-refractivity contribution in [2.24, 2.45) is 5.73 Å². The zero-order valence-corrected chi connectivity index (χ0v) is 7.91. The minimum absolute atomic E-state index is 0.0652. The van der Waals surface area contributed by atoms with Crippen LogP contribution in [-0.4, -0.2) is 24.3 Å². The summed E-state index contributed by atoms with van der Waals surface area (Å²) < 4.78 is 13.1. The van der Waals surface area contributed by atoms with Crippen molar-refractivity contribution in [3.63, 3.8) is 0 Å². The quantitative estimate of drug-likeness (QED) is 0.635. The van der Waals surface area contributed by atoms with E-state index in [1.807, 2.05) is 0 Å². The minimum atomic E-state index is -0.290. The van der Waals surface area contributed by atoms with Gasteiger partial charge in [-0.1, -0.05) is 18.2 Å². The largest absolute Gasteiger partial charge is 0.395 e. The number of aliphatic hydroxyl groups is 1. The van der Waals surface area contributed by atoms with Crippen LogP contribution >= 0.6 is 0 Å². The molecule has 1 atom stereocenters. The Morgan fingerprint density at radius 2 is 2.14 bits per heavy atom. The topological polar surface area (TPSA) is 58.3 Å². The molecule has 78 valence electrons. The average Bonchev–Trinajstić information content (AvgIpc) is 2.20. The van der Waals surface area contributed by atoms with E-state index in [-0.39, 0.29) is 18.5 Å². The molecule has 0 saturated carbocycles. The van der Waals surface area contributed by atoms with E-state index >= 15 is 0 Å². The predicted molar refractivity (Wildman–Crippen MR) is 53.2 cm³/mol. The van der Waals surface area contributed by atoms with Gasteiger partial charge in [-0.2, -0.15) is 0 Å². The van der Waals surface area contributed by atoms with E-state index in [1.54, 1.807) is 18.2 Å². The number of halogens is 1. The molecule has 3 nitrogen and oxygen atoms in total. The van der Waals surface area contributed by atoms with Crippen molar-refractivity contribution >= 4 is 0 Å².